The van der Waals surface area contributed by atoms with Crippen LogP contribution in [-0.4, -0.2) is 19.1 Å². The predicted molar refractivity (Wildman–Crippen MR) is 87.0 cm³/mol. The quantitative estimate of drug-likeness (QED) is 0.749. The predicted octanol–water partition coefficient (Wildman–Crippen LogP) is 3.32. The van der Waals surface area contributed by atoms with Crippen LogP contribution in [0.1, 0.15) is 22.4 Å². The van der Waals surface area contributed by atoms with E-state index < -0.39 is 10.0 Å². The fraction of sp³-hybridized carbons (Fsp3) is 0.118. The number of aryl methyl sites for hydroxylation is 2. The molecule has 0 radical (unpaired) electrons. The van der Waals surface area contributed by atoms with Gasteiger partial charge in [0.1, 0.15) is 0 Å². The second kappa shape index (κ2) is 4.30. The van der Waals surface area contributed by atoms with Crippen molar-refractivity contribution in [1.29, 1.82) is 0 Å². The number of nitrogens with zero attached hydrogens (tertiary/aromatic N) is 1. The van der Waals surface area contributed by atoms with Crippen molar-refractivity contribution in [2.24, 2.45) is 4.40 Å². The highest BCUT2D eigenvalue weighted by molar-refractivity contribution is 7.90. The summed E-state index contributed by atoms with van der Waals surface area (Å²) in [6.07, 6.45) is 0. The first-order valence-electron chi connectivity index (χ1n) is 7.01. The number of rotatable bonds is 1. The van der Waals surface area contributed by atoms with Crippen LogP contribution in [-0.2, 0) is 10.0 Å². The van der Waals surface area contributed by atoms with E-state index in [-0.39, 0.29) is 4.90 Å². The maximum atomic E-state index is 12.3. The SMILES string of the molecule is Cc1ccc2[nH]c(C)c(C3=NS(=O)(=O)c4ccccc43)c2c1. The lowest BCUT2D eigenvalue weighted by atomic mass is 9.99. The first-order valence-corrected chi connectivity index (χ1v) is 8.45. The zero-order chi connectivity index (χ0) is 15.5. The molecule has 1 aliphatic heterocycles. The summed E-state index contributed by atoms with van der Waals surface area (Å²) in [6, 6.07) is 13.1. The van der Waals surface area contributed by atoms with Gasteiger partial charge in [-0.25, -0.2) is 0 Å². The largest absolute Gasteiger partial charge is 0.358 e. The Hall–Kier alpha value is -2.40. The Morgan fingerprint density at radius 2 is 1.82 bits per heavy atom. The molecule has 0 unspecified atom stereocenters. The molecule has 0 bridgehead atoms. The van der Waals surface area contributed by atoms with Gasteiger partial charge in [-0.05, 0) is 32.0 Å². The Morgan fingerprint density at radius 1 is 1.05 bits per heavy atom. The van der Waals surface area contributed by atoms with Gasteiger partial charge in [0.25, 0.3) is 10.0 Å². The molecule has 4 rings (SSSR count). The second-order valence-electron chi connectivity index (χ2n) is 5.59. The summed E-state index contributed by atoms with van der Waals surface area (Å²) in [7, 11) is -3.60. The Kier molecular flexibility index (Phi) is 2.60. The third-order valence-corrected chi connectivity index (χ3v) is 5.34. The van der Waals surface area contributed by atoms with Crippen LogP contribution < -0.4 is 0 Å². The molecule has 0 spiro atoms. The van der Waals surface area contributed by atoms with Crippen molar-refractivity contribution in [1.82, 2.24) is 4.98 Å². The van der Waals surface area contributed by atoms with Gasteiger partial charge >= 0.3 is 0 Å². The maximum Gasteiger partial charge on any atom is 0.283 e. The summed E-state index contributed by atoms with van der Waals surface area (Å²) in [4.78, 5) is 3.60. The molecule has 1 aromatic heterocycles. The number of fused-ring (bicyclic) bond motifs is 2. The molecule has 2 heterocycles. The molecule has 0 saturated carbocycles. The van der Waals surface area contributed by atoms with Gasteiger partial charge in [0.15, 0.2) is 0 Å². The summed E-state index contributed by atoms with van der Waals surface area (Å²) in [5, 5.41) is 1.00. The van der Waals surface area contributed by atoms with E-state index in [4.69, 9.17) is 0 Å². The normalized spacial score (nSPS) is 15.8. The molecule has 1 N–H and O–H groups in total. The summed E-state index contributed by atoms with van der Waals surface area (Å²) in [6.45, 7) is 3.97. The van der Waals surface area contributed by atoms with E-state index >= 15 is 0 Å². The van der Waals surface area contributed by atoms with E-state index in [9.17, 15) is 8.42 Å². The molecule has 3 aromatic rings. The van der Waals surface area contributed by atoms with E-state index in [2.05, 4.69) is 15.4 Å². The number of benzene rings is 2. The first kappa shape index (κ1) is 13.3. The van der Waals surface area contributed by atoms with E-state index in [1.165, 1.54) is 0 Å². The molecule has 0 aliphatic carbocycles. The van der Waals surface area contributed by atoms with Gasteiger partial charge in [0.2, 0.25) is 0 Å². The Labute approximate surface area is 128 Å². The van der Waals surface area contributed by atoms with Gasteiger partial charge in [0.05, 0.1) is 10.6 Å². The lowest BCUT2D eigenvalue weighted by molar-refractivity contribution is 0.599. The summed E-state index contributed by atoms with van der Waals surface area (Å²) in [5.41, 5.74) is 5.11. The molecule has 2 aromatic carbocycles. The molecule has 4 nitrogen and oxygen atoms in total. The molecular formula is C17H14N2O2S. The number of nitrogens with one attached hydrogen (secondary N) is 1. The van der Waals surface area contributed by atoms with Crippen LogP contribution in [0.25, 0.3) is 10.9 Å². The molecule has 110 valence electrons. The van der Waals surface area contributed by atoms with E-state index in [0.717, 1.165) is 27.7 Å². The summed E-state index contributed by atoms with van der Waals surface area (Å²) in [5.74, 6) is 0. The number of H-pyrrole nitrogens is 1. The Morgan fingerprint density at radius 3 is 2.64 bits per heavy atom. The van der Waals surface area contributed by atoms with Crippen molar-refractivity contribution in [3.63, 3.8) is 0 Å². The zero-order valence-electron chi connectivity index (χ0n) is 12.2. The molecule has 22 heavy (non-hydrogen) atoms. The fourth-order valence-corrected chi connectivity index (χ4v) is 4.25. The Bertz CT molecular complexity index is 1060. The maximum absolute atomic E-state index is 12.3. The lowest BCUT2D eigenvalue weighted by Gasteiger charge is -2.03. The molecule has 0 amide bonds. The average Bonchev–Trinajstić information content (AvgIpc) is 2.93. The molecular weight excluding hydrogens is 296 g/mol. The third-order valence-electron chi connectivity index (χ3n) is 4.01. The van der Waals surface area contributed by atoms with Gasteiger partial charge in [-0.3, -0.25) is 0 Å². The second-order valence-corrected chi connectivity index (χ2v) is 7.16. The van der Waals surface area contributed by atoms with Gasteiger partial charge in [-0.15, -0.1) is 0 Å². The molecule has 0 fully saturated rings. The zero-order valence-corrected chi connectivity index (χ0v) is 13.0. The van der Waals surface area contributed by atoms with Crippen molar-refractivity contribution >= 4 is 26.6 Å². The van der Waals surface area contributed by atoms with Crippen LogP contribution in [0, 0.1) is 13.8 Å². The molecule has 5 heteroatoms. The highest BCUT2D eigenvalue weighted by Crippen LogP contribution is 2.33. The number of aromatic amines is 1. The van der Waals surface area contributed by atoms with Crippen LogP contribution in [0.3, 0.4) is 0 Å². The van der Waals surface area contributed by atoms with Crippen molar-refractivity contribution in [3.8, 4) is 0 Å². The summed E-state index contributed by atoms with van der Waals surface area (Å²) >= 11 is 0. The minimum Gasteiger partial charge on any atom is -0.358 e. The standard InChI is InChI=1S/C17H14N2O2S/c1-10-7-8-14-13(9-10)16(11(2)18-14)17-12-5-3-4-6-15(12)22(20,21)19-17/h3-9,18H,1-2H3. The van der Waals surface area contributed by atoms with Gasteiger partial charge in [-0.2, -0.15) is 12.8 Å². The van der Waals surface area contributed by atoms with Gasteiger partial charge in [-0.1, -0.05) is 29.8 Å². The van der Waals surface area contributed by atoms with E-state index in [1.54, 1.807) is 12.1 Å². The van der Waals surface area contributed by atoms with Crippen LogP contribution in [0.2, 0.25) is 0 Å². The van der Waals surface area contributed by atoms with Crippen LogP contribution in [0.5, 0.6) is 0 Å². The van der Waals surface area contributed by atoms with Crippen molar-refractivity contribution in [2.75, 3.05) is 0 Å². The van der Waals surface area contributed by atoms with Crippen molar-refractivity contribution in [3.05, 3.63) is 64.8 Å². The average molecular weight is 310 g/mol. The number of hydrogen-bond donors (Lipinski definition) is 1. The fourth-order valence-electron chi connectivity index (χ4n) is 3.03. The van der Waals surface area contributed by atoms with Gasteiger partial charge in [0, 0.05) is 27.7 Å². The van der Waals surface area contributed by atoms with Gasteiger partial charge < -0.3 is 4.98 Å². The van der Waals surface area contributed by atoms with Crippen LogP contribution >= 0.6 is 0 Å². The molecule has 1 aliphatic rings. The number of hydrogen-bond acceptors (Lipinski definition) is 2. The highest BCUT2D eigenvalue weighted by atomic mass is 32.2. The topological polar surface area (TPSA) is 62.3 Å². The molecule has 0 atom stereocenters. The van der Waals surface area contributed by atoms with Crippen LogP contribution in [0.15, 0.2) is 51.8 Å². The number of sulfonamides is 1. The van der Waals surface area contributed by atoms with Crippen LogP contribution in [0.4, 0.5) is 0 Å². The third kappa shape index (κ3) is 1.75. The first-order chi connectivity index (χ1) is 10.5. The lowest BCUT2D eigenvalue weighted by Crippen LogP contribution is -2.01. The van der Waals surface area contributed by atoms with Crippen molar-refractivity contribution < 1.29 is 8.42 Å². The van der Waals surface area contributed by atoms with E-state index in [0.29, 0.717) is 11.3 Å². The highest BCUT2D eigenvalue weighted by Gasteiger charge is 2.31. The smallest absolute Gasteiger partial charge is 0.283 e. The minimum atomic E-state index is -3.60. The summed E-state index contributed by atoms with van der Waals surface area (Å²) < 4.78 is 28.6. The monoisotopic (exact) mass is 310 g/mol. The van der Waals surface area contributed by atoms with Crippen molar-refractivity contribution in [2.45, 2.75) is 18.7 Å². The molecule has 0 saturated heterocycles. The van der Waals surface area contributed by atoms with E-state index in [1.807, 2.05) is 38.1 Å². The number of aromatic nitrogens is 1. The Balaban J connectivity index is 2.09. The minimum absolute atomic E-state index is 0.284.